The minimum absolute atomic E-state index is 0. The number of carbonyl (C=O) groups is 5. The Balaban J connectivity index is 0.0000338. The van der Waals surface area contributed by atoms with E-state index in [4.69, 9.17) is 52.1 Å². The van der Waals surface area contributed by atoms with Crippen molar-refractivity contribution in [2.75, 3.05) is 39.6 Å². The van der Waals surface area contributed by atoms with Crippen LogP contribution in [0.4, 0.5) is 0 Å². The van der Waals surface area contributed by atoms with Crippen LogP contribution in [0.1, 0.15) is 324 Å². The molecule has 35 nitrogen and oxygen atoms in total. The first-order chi connectivity index (χ1) is 60.7. The summed E-state index contributed by atoms with van der Waals surface area (Å²) in [5.74, 6) is -8.59. The Hall–Kier alpha value is -2.91. The number of rotatable bonds is 69. The number of carbonyl (C=O) groups excluding carboxylic acids is 5. The van der Waals surface area contributed by atoms with Crippen molar-refractivity contribution < 1.29 is 187 Å². The second kappa shape index (κ2) is 66.5. The number of hydrogen-bond acceptors (Lipinski definition) is 32. The average molecular weight is 1840 g/mol. The zero-order valence-corrected chi connectivity index (χ0v) is 79.0. The average Bonchev–Trinajstić information content (AvgIpc) is 0.745. The van der Waals surface area contributed by atoms with Gasteiger partial charge < -0.3 is 155 Å². The van der Waals surface area contributed by atoms with Crippen molar-refractivity contribution in [2.45, 2.75) is 495 Å². The number of carboxylic acids is 1. The molecular formula is C91H164N3NaO32. The van der Waals surface area contributed by atoms with Gasteiger partial charge in [0, 0.05) is 33.1 Å². The quantitative estimate of drug-likeness (QED) is 0.0177. The summed E-state index contributed by atoms with van der Waals surface area (Å²) in [4.78, 5) is 67.9. The molecule has 0 aromatic rings. The van der Waals surface area contributed by atoms with Gasteiger partial charge in [0.15, 0.2) is 25.2 Å². The molecule has 0 spiro atoms. The van der Waals surface area contributed by atoms with Crippen LogP contribution in [0.2, 0.25) is 0 Å². The number of hydrogen-bond donors (Lipinski definition) is 18. The molecule has 5 aliphatic heterocycles. The third kappa shape index (κ3) is 40.9. The van der Waals surface area contributed by atoms with Gasteiger partial charge >= 0.3 is 35.5 Å². The van der Waals surface area contributed by atoms with Crippen molar-refractivity contribution in [1.82, 2.24) is 16.0 Å². The summed E-state index contributed by atoms with van der Waals surface area (Å²) in [7, 11) is 0. The van der Waals surface area contributed by atoms with E-state index in [0.29, 0.717) is 19.3 Å². The van der Waals surface area contributed by atoms with E-state index >= 15 is 0 Å². The normalized spacial score (nSPS) is 30.9. The van der Waals surface area contributed by atoms with Crippen LogP contribution in [-0.4, -0.2) is 317 Å². The van der Waals surface area contributed by atoms with Gasteiger partial charge in [0.05, 0.1) is 57.8 Å². The van der Waals surface area contributed by atoms with Crippen LogP contribution in [0.15, 0.2) is 12.2 Å². The molecule has 18 N–H and O–H groups in total. The number of amides is 3. The summed E-state index contributed by atoms with van der Waals surface area (Å²) >= 11 is 0. The fraction of sp³-hybridized carbons (Fsp3) is 0.923. The van der Waals surface area contributed by atoms with Crippen LogP contribution in [0.3, 0.4) is 0 Å². The number of aliphatic hydroxyl groups is 15. The Bertz CT molecular complexity index is 2930. The van der Waals surface area contributed by atoms with Gasteiger partial charge in [-0.15, -0.1) is 0 Å². The van der Waals surface area contributed by atoms with Crippen molar-refractivity contribution in [3.05, 3.63) is 12.2 Å². The molecule has 0 aromatic heterocycles. The number of carboxylic acid groups (broad SMARTS) is 1. The van der Waals surface area contributed by atoms with Crippen LogP contribution in [0, 0.1) is 0 Å². The second-order valence-corrected chi connectivity index (χ2v) is 35.4. The topological polar surface area (TPSA) is 549 Å². The third-order valence-electron chi connectivity index (χ3n) is 24.8. The first-order valence-corrected chi connectivity index (χ1v) is 48.0. The molecule has 0 aliphatic carbocycles. The molecule has 0 saturated carbocycles. The summed E-state index contributed by atoms with van der Waals surface area (Å²) in [6, 6.07) is -4.87. The predicted octanol–water partition coefficient (Wildman–Crippen LogP) is 1.44. The van der Waals surface area contributed by atoms with E-state index in [-0.39, 0.29) is 48.3 Å². The van der Waals surface area contributed by atoms with Gasteiger partial charge in [-0.2, -0.15) is 0 Å². The summed E-state index contributed by atoms with van der Waals surface area (Å²) < 4.78 is 67.0. The van der Waals surface area contributed by atoms with E-state index in [2.05, 4.69) is 36.7 Å². The minimum Gasteiger partial charge on any atom is -0.544 e. The van der Waals surface area contributed by atoms with Gasteiger partial charge in [-0.3, -0.25) is 19.2 Å². The Labute approximate surface area is 775 Å². The van der Waals surface area contributed by atoms with E-state index < -0.39 is 241 Å². The zero-order valence-electron chi connectivity index (χ0n) is 77.0. The first kappa shape index (κ1) is 116. The largest absolute Gasteiger partial charge is 1.00 e. The van der Waals surface area contributed by atoms with E-state index in [1.54, 1.807) is 6.08 Å². The van der Waals surface area contributed by atoms with Gasteiger partial charge in [0.1, 0.15) is 128 Å². The zero-order chi connectivity index (χ0) is 92.4. The number of ether oxygens (including phenoxy) is 11. The van der Waals surface area contributed by atoms with Crippen LogP contribution >= 0.6 is 0 Å². The Morgan fingerprint density at radius 3 is 1.28 bits per heavy atom. The molecule has 5 rings (SSSR count). The fourth-order valence-corrected chi connectivity index (χ4v) is 17.3. The van der Waals surface area contributed by atoms with Crippen LogP contribution in [0.5, 0.6) is 0 Å². The number of aliphatic hydroxyl groups excluding tert-OH is 15. The standard InChI is InChI=1S/C91H165N3O32.Na/c1-6-9-12-15-18-21-24-27-29-32-35-38-41-44-47-50-69(104)94-61(64(49-46-43-40-37-34-31-26-23-20-17-14-11-8-3)117-70(105)51-48-45-42-39-36-33-30-28-25-22-19-16-13-10-7-2)58-116-87-79(112)77(110)82(67(56-98)120-87)123-89-80(113)85(126-91(90(114)115)52-62(102)71(92-59(4)100)84(125-91)73(106)63(103)53-95)83(68(57-99)121-89)124-86-72(93-60(5)101)75(108)81(66(55-97)119-86)122-88-78(111)76(109)74(107)65(54-96)118-88;/h46,49,61-68,71-89,95-99,102-103,106-113H,6-45,47-48,50-58H2,1-5H3,(H,92,100)(H,93,101)(H,94,104)(H,114,115);/q;+1/p-1/b49-46+;/t61?,62-,63-,64?,65-,66-,67-,68-,71+,72-,73+,74+,75-,76+,77-,78-,79-,80-,81+,82-,83+,84?,85-,86+,87-,88+,89+,91-;/m1./s1. The summed E-state index contributed by atoms with van der Waals surface area (Å²) in [6.45, 7) is 2.50. The van der Waals surface area contributed by atoms with Gasteiger partial charge in [-0.1, -0.05) is 271 Å². The van der Waals surface area contributed by atoms with Gasteiger partial charge in [0.2, 0.25) is 23.5 Å². The van der Waals surface area contributed by atoms with Gasteiger partial charge in [-0.25, -0.2) is 0 Å². The molecule has 0 radical (unpaired) electrons. The van der Waals surface area contributed by atoms with Crippen LogP contribution in [0.25, 0.3) is 0 Å². The maximum absolute atomic E-state index is 14.3. The Morgan fingerprint density at radius 2 is 0.827 bits per heavy atom. The number of allylic oxidation sites excluding steroid dienone is 1. The van der Waals surface area contributed by atoms with Crippen molar-refractivity contribution >= 4 is 29.7 Å². The van der Waals surface area contributed by atoms with Gasteiger partial charge in [-0.05, 0) is 31.8 Å². The van der Waals surface area contributed by atoms with Crippen molar-refractivity contribution in [3.63, 3.8) is 0 Å². The van der Waals surface area contributed by atoms with Gasteiger partial charge in [0.25, 0.3) is 0 Å². The molecule has 0 aromatic carbocycles. The Morgan fingerprint density at radius 1 is 0.441 bits per heavy atom. The van der Waals surface area contributed by atoms with Crippen LogP contribution in [-0.2, 0) is 76.1 Å². The van der Waals surface area contributed by atoms with Crippen molar-refractivity contribution in [2.24, 2.45) is 0 Å². The Kier molecular flexibility index (Phi) is 61.0. The molecule has 0 bridgehead atoms. The summed E-state index contributed by atoms with van der Waals surface area (Å²) in [5, 5.41) is 190. The molecule has 5 fully saturated rings. The number of aliphatic carboxylic acids is 1. The second-order valence-electron chi connectivity index (χ2n) is 35.4. The molecule has 28 atom stereocenters. The van der Waals surface area contributed by atoms with E-state index in [1.807, 2.05) is 6.08 Å². The molecule has 36 heteroatoms. The third-order valence-corrected chi connectivity index (χ3v) is 24.8. The maximum Gasteiger partial charge on any atom is 1.00 e. The predicted molar refractivity (Wildman–Crippen MR) is 459 cm³/mol. The molecule has 3 unspecified atom stereocenters. The van der Waals surface area contributed by atoms with E-state index in [1.165, 1.54) is 154 Å². The smallest absolute Gasteiger partial charge is 0.544 e. The molecule has 3 amide bonds. The molecule has 5 heterocycles. The van der Waals surface area contributed by atoms with Crippen LogP contribution < -0.4 is 50.6 Å². The van der Waals surface area contributed by atoms with Crippen molar-refractivity contribution in [3.8, 4) is 0 Å². The van der Waals surface area contributed by atoms with E-state index in [9.17, 15) is 106 Å². The summed E-state index contributed by atoms with van der Waals surface area (Å²) in [5.41, 5.74) is 0. The minimum atomic E-state index is -3.50. The monoisotopic (exact) mass is 1830 g/mol. The molecule has 736 valence electrons. The molecular weight excluding hydrogens is 1670 g/mol. The maximum atomic E-state index is 14.3. The molecule has 127 heavy (non-hydrogen) atoms. The first-order valence-electron chi connectivity index (χ1n) is 48.0. The molecule has 5 aliphatic rings. The number of nitrogens with one attached hydrogen (secondary N) is 3. The summed E-state index contributed by atoms with van der Waals surface area (Å²) in [6.07, 6.45) is 0.0434. The molecule has 5 saturated heterocycles. The number of esters is 1. The van der Waals surface area contributed by atoms with E-state index in [0.717, 1.165) is 110 Å². The fourth-order valence-electron chi connectivity index (χ4n) is 17.3. The van der Waals surface area contributed by atoms with Crippen molar-refractivity contribution in [1.29, 1.82) is 0 Å². The SMILES string of the molecule is CCCCCCCCCCCCC/C=C/C(OC(=O)CCCCCCCCCCCCCCCCC)C(CO[C@@H]1O[C@H](CO)[C@@H](O[C@@H]2O[C@H](CO)[C@H](O[C@@H]3O[C@H](CO)[C@H](O[C@@H]4O[C@H](CO)[C@H](O)[C@H](O)[C@H]4O)[C@H](O)[C@H]3NC(C)=O)[C@H](O[C@@]3(C(=O)[O-])C[C@@H](O)[C@H](NC(C)=O)C([C@@H](O)[C@H](O)CO)O3)[C@H]2O)[C@H](O)[C@H]1O)NC(=O)CCCCCCCCCCCCCCCCC.[Na+]. The number of unbranched alkanes of at least 4 members (excludes halogenated alkanes) is 39.